The molecule has 2 rings (SSSR count). The first-order chi connectivity index (χ1) is 12.5. The zero-order valence-electron chi connectivity index (χ0n) is 13.8. The van der Waals surface area contributed by atoms with Crippen LogP contribution in [-0.2, 0) is 18.0 Å². The first kappa shape index (κ1) is 21.2. The van der Waals surface area contributed by atoms with E-state index < -0.39 is 24.6 Å². The molecule has 0 aliphatic rings. The van der Waals surface area contributed by atoms with Crippen LogP contribution in [-0.4, -0.2) is 22.6 Å². The number of hydrogen-bond acceptors (Lipinski definition) is 3. The fraction of sp³-hybridized carbons (Fsp3) is 0.333. The number of aliphatic hydroxyl groups excluding tert-OH is 2. The molecule has 0 heterocycles. The van der Waals surface area contributed by atoms with Crippen molar-refractivity contribution in [2.24, 2.45) is 0 Å². The van der Waals surface area contributed by atoms with Crippen LogP contribution in [0.15, 0.2) is 48.5 Å². The number of hydrogen-bond donors (Lipinski definition) is 2. The van der Waals surface area contributed by atoms with Gasteiger partial charge in [0.05, 0.1) is 13.2 Å². The van der Waals surface area contributed by atoms with Crippen LogP contribution in [0.25, 0.3) is 0 Å². The van der Waals surface area contributed by atoms with Crippen molar-refractivity contribution in [2.45, 2.75) is 37.8 Å². The van der Waals surface area contributed by atoms with E-state index in [4.69, 9.17) is 4.74 Å². The van der Waals surface area contributed by atoms with E-state index in [1.165, 1.54) is 24.3 Å². The summed E-state index contributed by atoms with van der Waals surface area (Å²) < 4.78 is 80.6. The zero-order chi connectivity index (χ0) is 20.2. The number of rotatable bonds is 6. The van der Waals surface area contributed by atoms with Crippen molar-refractivity contribution >= 4 is 0 Å². The average molecular weight is 394 g/mol. The third-order valence-electron chi connectivity index (χ3n) is 3.69. The van der Waals surface area contributed by atoms with Crippen molar-refractivity contribution in [2.75, 3.05) is 0 Å². The van der Waals surface area contributed by atoms with E-state index in [2.05, 4.69) is 0 Å². The first-order valence-electron chi connectivity index (χ1n) is 7.73. The molecule has 0 radical (unpaired) electrons. The van der Waals surface area contributed by atoms with E-state index >= 15 is 0 Å². The SMILES string of the molecule is OC(c1cccc(COCc2cccc(C(O)C(F)(F)F)c2)c1)C(F)(F)F. The molecule has 0 aliphatic heterocycles. The van der Waals surface area contributed by atoms with Gasteiger partial charge in [-0.15, -0.1) is 0 Å². The molecule has 0 bridgehead atoms. The Morgan fingerprint density at radius 2 is 1.07 bits per heavy atom. The predicted molar refractivity (Wildman–Crippen MR) is 83.4 cm³/mol. The van der Waals surface area contributed by atoms with Crippen molar-refractivity contribution in [3.05, 3.63) is 70.8 Å². The summed E-state index contributed by atoms with van der Waals surface area (Å²) in [5.74, 6) is 0. The van der Waals surface area contributed by atoms with Crippen LogP contribution < -0.4 is 0 Å². The molecule has 2 aromatic carbocycles. The highest BCUT2D eigenvalue weighted by molar-refractivity contribution is 5.27. The molecule has 148 valence electrons. The second kappa shape index (κ2) is 8.28. The molecule has 27 heavy (non-hydrogen) atoms. The molecule has 2 atom stereocenters. The van der Waals surface area contributed by atoms with E-state index in [1.54, 1.807) is 0 Å². The summed E-state index contributed by atoms with van der Waals surface area (Å²) in [5, 5.41) is 18.5. The van der Waals surface area contributed by atoms with Crippen molar-refractivity contribution in [3.63, 3.8) is 0 Å². The van der Waals surface area contributed by atoms with Gasteiger partial charge in [-0.05, 0) is 22.3 Å². The van der Waals surface area contributed by atoms with Crippen molar-refractivity contribution in [3.8, 4) is 0 Å². The minimum Gasteiger partial charge on any atom is -0.379 e. The van der Waals surface area contributed by atoms with Gasteiger partial charge in [-0.2, -0.15) is 26.3 Å². The van der Waals surface area contributed by atoms with Gasteiger partial charge in [0, 0.05) is 0 Å². The maximum atomic E-state index is 12.5. The van der Waals surface area contributed by atoms with Crippen LogP contribution in [0.3, 0.4) is 0 Å². The Morgan fingerprint density at radius 3 is 1.41 bits per heavy atom. The second-order valence-corrected chi connectivity index (χ2v) is 5.87. The molecule has 0 amide bonds. The summed E-state index contributed by atoms with van der Waals surface area (Å²) >= 11 is 0. The van der Waals surface area contributed by atoms with E-state index in [9.17, 15) is 36.6 Å². The lowest BCUT2D eigenvalue weighted by Gasteiger charge is -2.16. The normalized spacial score (nSPS) is 14.8. The summed E-state index contributed by atoms with van der Waals surface area (Å²) in [6, 6.07) is 10.2. The van der Waals surface area contributed by atoms with Gasteiger partial charge in [0.2, 0.25) is 0 Å². The lowest BCUT2D eigenvalue weighted by atomic mass is 10.1. The average Bonchev–Trinajstić information content (AvgIpc) is 2.59. The maximum absolute atomic E-state index is 12.5. The van der Waals surface area contributed by atoms with Gasteiger partial charge in [-0.1, -0.05) is 48.5 Å². The molecule has 2 N–H and O–H groups in total. The Labute approximate surface area is 150 Å². The molecule has 0 fully saturated rings. The third-order valence-corrected chi connectivity index (χ3v) is 3.69. The molecule has 0 saturated carbocycles. The lowest BCUT2D eigenvalue weighted by Crippen LogP contribution is -2.20. The van der Waals surface area contributed by atoms with Gasteiger partial charge in [0.25, 0.3) is 0 Å². The van der Waals surface area contributed by atoms with Gasteiger partial charge in [-0.25, -0.2) is 0 Å². The summed E-state index contributed by atoms with van der Waals surface area (Å²) in [6.45, 7) is -0.213. The third kappa shape index (κ3) is 5.95. The molecule has 0 aromatic heterocycles. The quantitative estimate of drug-likeness (QED) is 0.705. The van der Waals surface area contributed by atoms with E-state index in [1.807, 2.05) is 0 Å². The molecule has 0 saturated heterocycles. The molecule has 2 aromatic rings. The van der Waals surface area contributed by atoms with Gasteiger partial charge < -0.3 is 14.9 Å². The topological polar surface area (TPSA) is 49.7 Å². The lowest BCUT2D eigenvalue weighted by molar-refractivity contribution is -0.207. The molecular weight excluding hydrogens is 378 g/mol. The van der Waals surface area contributed by atoms with Gasteiger partial charge in [-0.3, -0.25) is 0 Å². The number of benzene rings is 2. The van der Waals surface area contributed by atoms with Gasteiger partial charge >= 0.3 is 12.4 Å². The summed E-state index contributed by atoms with van der Waals surface area (Å²) in [6.07, 6.45) is -14.8. The predicted octanol–water partition coefficient (Wildman–Crippen LogP) is 4.59. The Morgan fingerprint density at radius 1 is 0.704 bits per heavy atom. The highest BCUT2D eigenvalue weighted by Crippen LogP contribution is 2.33. The highest BCUT2D eigenvalue weighted by Gasteiger charge is 2.40. The number of ether oxygens (including phenoxy) is 1. The molecule has 2 unspecified atom stereocenters. The summed E-state index contributed by atoms with van der Waals surface area (Å²) in [7, 11) is 0. The fourth-order valence-corrected chi connectivity index (χ4v) is 2.37. The molecule has 0 spiro atoms. The van der Waals surface area contributed by atoms with Crippen LogP contribution in [0.4, 0.5) is 26.3 Å². The van der Waals surface area contributed by atoms with E-state index in [-0.39, 0.29) is 24.3 Å². The Balaban J connectivity index is 1.99. The Hall–Kier alpha value is -2.10. The van der Waals surface area contributed by atoms with Crippen LogP contribution in [0.5, 0.6) is 0 Å². The molecular formula is C18H16F6O3. The Bertz CT molecular complexity index is 694. The highest BCUT2D eigenvalue weighted by atomic mass is 19.4. The summed E-state index contributed by atoms with van der Waals surface area (Å²) in [5.41, 5.74) is 0.0577. The minimum atomic E-state index is -4.79. The first-order valence-corrected chi connectivity index (χ1v) is 7.73. The monoisotopic (exact) mass is 394 g/mol. The molecule has 3 nitrogen and oxygen atoms in total. The summed E-state index contributed by atoms with van der Waals surface area (Å²) in [4.78, 5) is 0. The maximum Gasteiger partial charge on any atom is 0.418 e. The van der Waals surface area contributed by atoms with Crippen LogP contribution in [0, 0.1) is 0 Å². The standard InChI is InChI=1S/C18H16F6O3/c19-17(20,21)15(25)13-5-1-3-11(7-13)9-27-10-12-4-2-6-14(8-12)16(26)18(22,23)24/h1-8,15-16,25-26H,9-10H2. The fourth-order valence-electron chi connectivity index (χ4n) is 2.37. The minimum absolute atomic E-state index is 0.107. The van der Waals surface area contributed by atoms with Crippen molar-refractivity contribution < 1.29 is 41.3 Å². The number of aliphatic hydroxyl groups is 2. The van der Waals surface area contributed by atoms with Crippen LogP contribution in [0.2, 0.25) is 0 Å². The van der Waals surface area contributed by atoms with Crippen LogP contribution in [0.1, 0.15) is 34.5 Å². The largest absolute Gasteiger partial charge is 0.418 e. The van der Waals surface area contributed by atoms with E-state index in [0.717, 1.165) is 24.3 Å². The zero-order valence-corrected chi connectivity index (χ0v) is 13.8. The second-order valence-electron chi connectivity index (χ2n) is 5.87. The number of alkyl halides is 6. The van der Waals surface area contributed by atoms with Crippen molar-refractivity contribution in [1.29, 1.82) is 0 Å². The Kier molecular flexibility index (Phi) is 6.50. The van der Waals surface area contributed by atoms with Gasteiger partial charge in [0.15, 0.2) is 12.2 Å². The molecule has 0 aliphatic carbocycles. The van der Waals surface area contributed by atoms with Crippen LogP contribution >= 0.6 is 0 Å². The van der Waals surface area contributed by atoms with Gasteiger partial charge in [0.1, 0.15) is 0 Å². The smallest absolute Gasteiger partial charge is 0.379 e. The van der Waals surface area contributed by atoms with Crippen molar-refractivity contribution in [1.82, 2.24) is 0 Å². The molecule has 9 heteroatoms. The van der Waals surface area contributed by atoms with E-state index in [0.29, 0.717) is 11.1 Å². The number of halogens is 6.